The van der Waals surface area contributed by atoms with Crippen molar-refractivity contribution in [2.24, 2.45) is 0 Å². The molecule has 1 aromatic carbocycles. The Bertz CT molecular complexity index is 518. The fourth-order valence-corrected chi connectivity index (χ4v) is 2.63. The number of hydrogen-bond acceptors (Lipinski definition) is 3. The second-order valence-electron chi connectivity index (χ2n) is 4.75. The summed E-state index contributed by atoms with van der Waals surface area (Å²) in [6.07, 6.45) is 5.54. The van der Waals surface area contributed by atoms with Crippen molar-refractivity contribution < 1.29 is 0 Å². The topological polar surface area (TPSA) is 29.0 Å². The van der Waals surface area contributed by atoms with E-state index < -0.39 is 0 Å². The molecule has 2 aromatic rings. The van der Waals surface area contributed by atoms with E-state index in [-0.39, 0.29) is 0 Å². The van der Waals surface area contributed by atoms with Crippen LogP contribution in [0.3, 0.4) is 0 Å². The monoisotopic (exact) mass is 227 g/mol. The second-order valence-corrected chi connectivity index (χ2v) is 4.75. The summed E-state index contributed by atoms with van der Waals surface area (Å²) in [7, 11) is 0. The van der Waals surface area contributed by atoms with Gasteiger partial charge in [-0.2, -0.15) is 0 Å². The number of hydrogen-bond donors (Lipinski definition) is 0. The van der Waals surface area contributed by atoms with E-state index in [4.69, 9.17) is 0 Å². The second kappa shape index (κ2) is 4.32. The van der Waals surface area contributed by atoms with Crippen LogP contribution < -0.4 is 4.90 Å². The third-order valence-electron chi connectivity index (χ3n) is 3.60. The highest BCUT2D eigenvalue weighted by atomic mass is 15.2. The van der Waals surface area contributed by atoms with Gasteiger partial charge in [0.1, 0.15) is 12.1 Å². The fraction of sp³-hybridized carbons (Fsp3) is 0.429. The molecule has 2 heterocycles. The molecule has 3 nitrogen and oxygen atoms in total. The fourth-order valence-electron chi connectivity index (χ4n) is 2.63. The van der Waals surface area contributed by atoms with Crippen molar-refractivity contribution in [2.45, 2.75) is 32.2 Å². The number of anilines is 1. The average molecular weight is 227 g/mol. The number of nitrogens with zero attached hydrogens (tertiary/aromatic N) is 3. The molecule has 1 aliphatic rings. The summed E-state index contributed by atoms with van der Waals surface area (Å²) in [5.41, 5.74) is 1.04. The number of piperidine rings is 1. The van der Waals surface area contributed by atoms with Crippen molar-refractivity contribution in [3.63, 3.8) is 0 Å². The van der Waals surface area contributed by atoms with Gasteiger partial charge < -0.3 is 4.90 Å². The Hall–Kier alpha value is -1.64. The maximum absolute atomic E-state index is 4.50. The first-order valence-electron chi connectivity index (χ1n) is 6.32. The smallest absolute Gasteiger partial charge is 0.140 e. The van der Waals surface area contributed by atoms with E-state index in [1.807, 2.05) is 6.07 Å². The minimum absolute atomic E-state index is 0.585. The summed E-state index contributed by atoms with van der Waals surface area (Å²) in [5, 5.41) is 1.17. The molecule has 0 bridgehead atoms. The molecule has 0 spiro atoms. The maximum atomic E-state index is 4.50. The quantitative estimate of drug-likeness (QED) is 0.750. The Morgan fingerprint density at radius 2 is 2.06 bits per heavy atom. The minimum atomic E-state index is 0.585. The number of rotatable bonds is 1. The van der Waals surface area contributed by atoms with E-state index in [9.17, 15) is 0 Å². The van der Waals surface area contributed by atoms with Gasteiger partial charge in [-0.05, 0) is 38.3 Å². The van der Waals surface area contributed by atoms with E-state index in [1.165, 1.54) is 24.6 Å². The molecular formula is C14H17N3. The molecule has 0 unspecified atom stereocenters. The molecule has 3 heteroatoms. The molecule has 17 heavy (non-hydrogen) atoms. The van der Waals surface area contributed by atoms with E-state index in [1.54, 1.807) is 6.33 Å². The van der Waals surface area contributed by atoms with Crippen LogP contribution in [0.2, 0.25) is 0 Å². The van der Waals surface area contributed by atoms with Crippen LogP contribution in [0, 0.1) is 0 Å². The molecule has 0 N–H and O–H groups in total. The van der Waals surface area contributed by atoms with Gasteiger partial charge in [-0.1, -0.05) is 12.1 Å². The summed E-state index contributed by atoms with van der Waals surface area (Å²) >= 11 is 0. The Balaban J connectivity index is 2.10. The van der Waals surface area contributed by atoms with Gasteiger partial charge in [0.2, 0.25) is 0 Å². The van der Waals surface area contributed by atoms with Crippen LogP contribution in [0.25, 0.3) is 10.9 Å². The highest BCUT2D eigenvalue weighted by Gasteiger charge is 2.21. The van der Waals surface area contributed by atoms with Crippen LogP contribution in [-0.4, -0.2) is 22.6 Å². The Labute approximate surface area is 101 Å². The van der Waals surface area contributed by atoms with Crippen molar-refractivity contribution in [1.82, 2.24) is 9.97 Å². The Morgan fingerprint density at radius 1 is 1.18 bits per heavy atom. The molecule has 3 rings (SSSR count). The Morgan fingerprint density at radius 3 is 2.94 bits per heavy atom. The van der Waals surface area contributed by atoms with Crippen LogP contribution >= 0.6 is 0 Å². The zero-order valence-electron chi connectivity index (χ0n) is 10.1. The van der Waals surface area contributed by atoms with Gasteiger partial charge in [0.25, 0.3) is 0 Å². The molecule has 1 saturated heterocycles. The van der Waals surface area contributed by atoms with E-state index in [0.29, 0.717) is 6.04 Å². The summed E-state index contributed by atoms with van der Waals surface area (Å²) in [5.74, 6) is 1.10. The lowest BCUT2D eigenvalue weighted by Gasteiger charge is -2.34. The lowest BCUT2D eigenvalue weighted by molar-refractivity contribution is 0.482. The van der Waals surface area contributed by atoms with Gasteiger partial charge in [-0.15, -0.1) is 0 Å². The zero-order valence-corrected chi connectivity index (χ0v) is 10.1. The molecule has 0 aliphatic carbocycles. The van der Waals surface area contributed by atoms with Gasteiger partial charge >= 0.3 is 0 Å². The van der Waals surface area contributed by atoms with Crippen molar-refractivity contribution >= 4 is 16.7 Å². The predicted octanol–water partition coefficient (Wildman–Crippen LogP) is 3.01. The summed E-state index contributed by atoms with van der Waals surface area (Å²) in [6, 6.07) is 8.84. The molecule has 0 amide bonds. The number of para-hydroxylation sites is 1. The van der Waals surface area contributed by atoms with Gasteiger partial charge in [-0.3, -0.25) is 0 Å². The van der Waals surface area contributed by atoms with Gasteiger partial charge in [0.05, 0.1) is 5.52 Å². The van der Waals surface area contributed by atoms with Crippen molar-refractivity contribution in [3.8, 4) is 0 Å². The van der Waals surface area contributed by atoms with E-state index in [0.717, 1.165) is 17.9 Å². The lowest BCUT2D eigenvalue weighted by Crippen LogP contribution is -2.38. The average Bonchev–Trinajstić information content (AvgIpc) is 2.39. The standard InChI is InChI=1S/C14H17N3/c1-11-6-4-5-9-17(11)14-12-7-2-3-8-13(12)15-10-16-14/h2-3,7-8,10-11H,4-6,9H2,1H3/t11-/m1/s1. The van der Waals surface area contributed by atoms with Gasteiger partial charge in [0, 0.05) is 18.0 Å². The third kappa shape index (κ3) is 1.86. The highest BCUT2D eigenvalue weighted by Crippen LogP contribution is 2.28. The maximum Gasteiger partial charge on any atom is 0.140 e. The third-order valence-corrected chi connectivity index (χ3v) is 3.60. The summed E-state index contributed by atoms with van der Waals surface area (Å²) in [6.45, 7) is 3.40. The highest BCUT2D eigenvalue weighted by molar-refractivity contribution is 5.89. The van der Waals surface area contributed by atoms with Crippen molar-refractivity contribution in [3.05, 3.63) is 30.6 Å². The minimum Gasteiger partial charge on any atom is -0.353 e. The molecule has 88 valence electrons. The van der Waals surface area contributed by atoms with Crippen LogP contribution in [0.4, 0.5) is 5.82 Å². The first kappa shape index (κ1) is 10.5. The summed E-state index contributed by atoms with van der Waals surface area (Å²) in [4.78, 5) is 11.2. The summed E-state index contributed by atoms with van der Waals surface area (Å²) < 4.78 is 0. The molecule has 1 atom stereocenters. The van der Waals surface area contributed by atoms with Crippen molar-refractivity contribution in [2.75, 3.05) is 11.4 Å². The SMILES string of the molecule is C[C@@H]1CCCCN1c1ncnc2ccccc12. The number of aromatic nitrogens is 2. The number of fused-ring (bicyclic) bond motifs is 1. The normalized spacial score (nSPS) is 20.8. The first-order chi connectivity index (χ1) is 8.36. The van der Waals surface area contributed by atoms with Crippen LogP contribution in [-0.2, 0) is 0 Å². The Kier molecular flexibility index (Phi) is 2.67. The largest absolute Gasteiger partial charge is 0.353 e. The van der Waals surface area contributed by atoms with E-state index in [2.05, 4.69) is 40.0 Å². The lowest BCUT2D eigenvalue weighted by atomic mass is 10.0. The van der Waals surface area contributed by atoms with E-state index >= 15 is 0 Å². The molecule has 1 aliphatic heterocycles. The first-order valence-corrected chi connectivity index (χ1v) is 6.32. The number of benzene rings is 1. The van der Waals surface area contributed by atoms with Gasteiger partial charge in [0.15, 0.2) is 0 Å². The van der Waals surface area contributed by atoms with Crippen molar-refractivity contribution in [1.29, 1.82) is 0 Å². The molecule has 1 fully saturated rings. The molecule has 0 radical (unpaired) electrons. The van der Waals surface area contributed by atoms with Crippen LogP contribution in [0.1, 0.15) is 26.2 Å². The van der Waals surface area contributed by atoms with Crippen LogP contribution in [0.15, 0.2) is 30.6 Å². The molecular weight excluding hydrogens is 210 g/mol. The van der Waals surface area contributed by atoms with Crippen LogP contribution in [0.5, 0.6) is 0 Å². The molecule has 0 saturated carbocycles. The predicted molar refractivity (Wildman–Crippen MR) is 70.2 cm³/mol. The zero-order chi connectivity index (χ0) is 11.7. The van der Waals surface area contributed by atoms with Gasteiger partial charge in [-0.25, -0.2) is 9.97 Å². The molecule has 1 aromatic heterocycles.